The minimum Gasteiger partial charge on any atom is -0.399 e. The molecule has 0 aliphatic carbocycles. The third-order valence-electron chi connectivity index (χ3n) is 4.94. The Morgan fingerprint density at radius 2 is 1.19 bits per heavy atom. The Hall–Kier alpha value is -2.04. The van der Waals surface area contributed by atoms with E-state index >= 15 is 0 Å². The molecule has 0 aliphatic heterocycles. The molecule has 0 radical (unpaired) electrons. The molecule has 0 saturated carbocycles. The summed E-state index contributed by atoms with van der Waals surface area (Å²) in [4.78, 5) is 0. The fraction of sp³-hybridized carbons (Fsp3) is 0.455. The molecule has 0 saturated heterocycles. The lowest BCUT2D eigenvalue weighted by atomic mass is 9.82. The van der Waals surface area contributed by atoms with Gasteiger partial charge in [-0.05, 0) is 61.6 Å². The number of rotatable bonds is 10. The summed E-state index contributed by atoms with van der Waals surface area (Å²) in [5.41, 5.74) is 13.6. The normalized spacial score (nSPS) is 12.9. The van der Waals surface area contributed by atoms with Crippen molar-refractivity contribution in [3.8, 4) is 0 Å². The number of hydrogen-bond acceptors (Lipinski definition) is 4. The molecule has 2 aromatic rings. The highest BCUT2D eigenvalue weighted by molar-refractivity contribution is 5.47. The minimum atomic E-state index is -1.04. The van der Waals surface area contributed by atoms with E-state index in [4.69, 9.17) is 11.5 Å². The Kier molecular flexibility index (Phi) is 7.49. The van der Waals surface area contributed by atoms with E-state index in [-0.39, 0.29) is 6.10 Å². The standard InChI is InChI=1S/C22H32N2O2/c1-17(25)7-5-3-2-4-6-16-22(26,18-8-12-20(23)13-9-18)19-10-14-21(24)15-11-19/h8-15,17,25-26H,2-7,16,23-24H2,1H3. The number of benzene rings is 2. The largest absolute Gasteiger partial charge is 0.399 e. The van der Waals surface area contributed by atoms with Crippen LogP contribution in [-0.4, -0.2) is 16.3 Å². The van der Waals surface area contributed by atoms with E-state index in [1.54, 1.807) is 0 Å². The maximum atomic E-state index is 11.5. The SMILES string of the molecule is CC(O)CCCCCCCC(O)(c1ccc(N)cc1)c1ccc(N)cc1. The molecule has 0 aromatic heterocycles. The first-order valence-corrected chi connectivity index (χ1v) is 9.54. The van der Waals surface area contributed by atoms with Crippen molar-refractivity contribution in [1.82, 2.24) is 0 Å². The monoisotopic (exact) mass is 356 g/mol. The molecule has 2 rings (SSSR count). The van der Waals surface area contributed by atoms with Crippen molar-refractivity contribution in [3.63, 3.8) is 0 Å². The Morgan fingerprint density at radius 1 is 0.769 bits per heavy atom. The van der Waals surface area contributed by atoms with E-state index in [1.165, 1.54) is 0 Å². The number of nitrogen functional groups attached to an aromatic ring is 2. The van der Waals surface area contributed by atoms with Gasteiger partial charge in [0.05, 0.1) is 6.10 Å². The van der Waals surface area contributed by atoms with E-state index in [9.17, 15) is 10.2 Å². The highest BCUT2D eigenvalue weighted by atomic mass is 16.3. The fourth-order valence-corrected chi connectivity index (χ4v) is 3.32. The number of unbranched alkanes of at least 4 members (excludes halogenated alkanes) is 4. The lowest BCUT2D eigenvalue weighted by Crippen LogP contribution is -2.27. The fourth-order valence-electron chi connectivity index (χ4n) is 3.32. The second kappa shape index (κ2) is 9.60. The topological polar surface area (TPSA) is 92.5 Å². The van der Waals surface area contributed by atoms with Crippen molar-refractivity contribution in [2.75, 3.05) is 11.5 Å². The third kappa shape index (κ3) is 5.75. The van der Waals surface area contributed by atoms with Crippen molar-refractivity contribution >= 4 is 11.4 Å². The zero-order valence-corrected chi connectivity index (χ0v) is 15.7. The van der Waals surface area contributed by atoms with Gasteiger partial charge in [0, 0.05) is 11.4 Å². The average Bonchev–Trinajstić information content (AvgIpc) is 2.61. The number of aliphatic hydroxyl groups excluding tert-OH is 1. The molecule has 0 heterocycles. The van der Waals surface area contributed by atoms with E-state index in [2.05, 4.69) is 0 Å². The van der Waals surface area contributed by atoms with E-state index < -0.39 is 5.60 Å². The minimum absolute atomic E-state index is 0.212. The molecule has 6 N–H and O–H groups in total. The molecule has 0 amide bonds. The molecule has 26 heavy (non-hydrogen) atoms. The molecule has 0 fully saturated rings. The number of hydrogen-bond donors (Lipinski definition) is 4. The lowest BCUT2D eigenvalue weighted by molar-refractivity contribution is 0.0679. The first-order chi connectivity index (χ1) is 12.4. The highest BCUT2D eigenvalue weighted by Crippen LogP contribution is 2.35. The highest BCUT2D eigenvalue weighted by Gasteiger charge is 2.30. The number of nitrogens with two attached hydrogens (primary N) is 2. The summed E-state index contributed by atoms with van der Waals surface area (Å²) >= 11 is 0. The van der Waals surface area contributed by atoms with Gasteiger partial charge in [0.15, 0.2) is 0 Å². The second-order valence-corrected chi connectivity index (χ2v) is 7.26. The second-order valence-electron chi connectivity index (χ2n) is 7.26. The number of anilines is 2. The summed E-state index contributed by atoms with van der Waals surface area (Å²) in [6.45, 7) is 1.83. The molecular formula is C22H32N2O2. The van der Waals surface area contributed by atoms with Crippen LogP contribution in [0.25, 0.3) is 0 Å². The molecule has 1 atom stereocenters. The van der Waals surface area contributed by atoms with Gasteiger partial charge in [0.25, 0.3) is 0 Å². The molecular weight excluding hydrogens is 324 g/mol. The Bertz CT molecular complexity index is 605. The van der Waals surface area contributed by atoms with Crippen LogP contribution in [0.5, 0.6) is 0 Å². The predicted molar refractivity (Wildman–Crippen MR) is 109 cm³/mol. The van der Waals surface area contributed by atoms with Gasteiger partial charge in [0.2, 0.25) is 0 Å². The summed E-state index contributed by atoms with van der Waals surface area (Å²) < 4.78 is 0. The van der Waals surface area contributed by atoms with Crippen LogP contribution in [0.3, 0.4) is 0 Å². The van der Waals surface area contributed by atoms with Gasteiger partial charge in [0.1, 0.15) is 5.60 Å². The zero-order valence-electron chi connectivity index (χ0n) is 15.7. The van der Waals surface area contributed by atoms with Crippen LogP contribution in [-0.2, 0) is 5.60 Å². The Balaban J connectivity index is 2.02. The molecule has 0 spiro atoms. The van der Waals surface area contributed by atoms with E-state index in [0.717, 1.165) is 49.7 Å². The van der Waals surface area contributed by atoms with Gasteiger partial charge in [-0.2, -0.15) is 0 Å². The summed E-state index contributed by atoms with van der Waals surface area (Å²) in [6, 6.07) is 14.9. The molecule has 1 unspecified atom stereocenters. The predicted octanol–water partition coefficient (Wildman–Crippen LogP) is 4.20. The van der Waals surface area contributed by atoms with Crippen molar-refractivity contribution < 1.29 is 10.2 Å². The van der Waals surface area contributed by atoms with Crippen LogP contribution < -0.4 is 11.5 Å². The molecule has 0 aliphatic rings. The maximum Gasteiger partial charge on any atom is 0.115 e. The van der Waals surface area contributed by atoms with Gasteiger partial charge >= 0.3 is 0 Å². The molecule has 0 bridgehead atoms. The van der Waals surface area contributed by atoms with Crippen LogP contribution in [0.2, 0.25) is 0 Å². The molecule has 4 heteroatoms. The third-order valence-corrected chi connectivity index (χ3v) is 4.94. The van der Waals surface area contributed by atoms with Gasteiger partial charge in [-0.1, -0.05) is 49.9 Å². The first kappa shape index (κ1) is 20.3. The summed E-state index contributed by atoms with van der Waals surface area (Å²) in [5, 5.41) is 20.8. The summed E-state index contributed by atoms with van der Waals surface area (Å²) in [7, 11) is 0. The van der Waals surface area contributed by atoms with Crippen LogP contribution in [0.15, 0.2) is 48.5 Å². The van der Waals surface area contributed by atoms with Crippen LogP contribution in [0.1, 0.15) is 63.0 Å². The summed E-state index contributed by atoms with van der Waals surface area (Å²) in [5.74, 6) is 0. The van der Waals surface area contributed by atoms with Gasteiger partial charge in [-0.25, -0.2) is 0 Å². The lowest BCUT2D eigenvalue weighted by Gasteiger charge is -2.30. The van der Waals surface area contributed by atoms with E-state index in [0.29, 0.717) is 17.8 Å². The van der Waals surface area contributed by atoms with Crippen molar-refractivity contribution in [2.24, 2.45) is 0 Å². The van der Waals surface area contributed by atoms with Crippen LogP contribution >= 0.6 is 0 Å². The quantitative estimate of drug-likeness (QED) is 0.379. The van der Waals surface area contributed by atoms with Crippen LogP contribution in [0, 0.1) is 0 Å². The van der Waals surface area contributed by atoms with Crippen molar-refractivity contribution in [3.05, 3.63) is 59.7 Å². The molecule has 4 nitrogen and oxygen atoms in total. The van der Waals surface area contributed by atoms with E-state index in [1.807, 2.05) is 55.5 Å². The Morgan fingerprint density at radius 3 is 1.65 bits per heavy atom. The van der Waals surface area contributed by atoms with Crippen molar-refractivity contribution in [1.29, 1.82) is 0 Å². The molecule has 2 aromatic carbocycles. The first-order valence-electron chi connectivity index (χ1n) is 9.54. The van der Waals surface area contributed by atoms with Crippen LogP contribution in [0.4, 0.5) is 11.4 Å². The van der Waals surface area contributed by atoms with Gasteiger partial charge in [-0.3, -0.25) is 0 Å². The smallest absolute Gasteiger partial charge is 0.115 e. The van der Waals surface area contributed by atoms with Gasteiger partial charge < -0.3 is 21.7 Å². The zero-order chi connectivity index (χ0) is 19.0. The molecule has 142 valence electrons. The Labute approximate surface area is 156 Å². The van der Waals surface area contributed by atoms with Gasteiger partial charge in [-0.15, -0.1) is 0 Å². The maximum absolute atomic E-state index is 11.5. The van der Waals surface area contributed by atoms with Crippen molar-refractivity contribution in [2.45, 2.75) is 63.6 Å². The average molecular weight is 357 g/mol. The number of aliphatic hydroxyl groups is 2. The summed E-state index contributed by atoms with van der Waals surface area (Å²) in [6.07, 6.45) is 6.58.